The molecule has 2 aliphatic carbocycles. The van der Waals surface area contributed by atoms with E-state index in [1.165, 1.54) is 38.2 Å². The number of hydrogen-bond acceptors (Lipinski definition) is 2. The summed E-state index contributed by atoms with van der Waals surface area (Å²) in [4.78, 5) is 11.0. The smallest absolute Gasteiger partial charge is 0.302 e. The second-order valence-corrected chi connectivity index (χ2v) is 7.78. The van der Waals surface area contributed by atoms with Crippen LogP contribution in [0.15, 0.2) is 12.2 Å². The lowest BCUT2D eigenvalue weighted by Crippen LogP contribution is -2.49. The number of carbonyl (C=O) groups is 1. The molecule has 0 aromatic carbocycles. The number of fused-ring (bicyclic) bond motifs is 1. The molecule has 2 saturated carbocycles. The van der Waals surface area contributed by atoms with Crippen LogP contribution in [0.1, 0.15) is 66.2 Å². The molecule has 0 radical (unpaired) electrons. The summed E-state index contributed by atoms with van der Waals surface area (Å²) >= 11 is 0. The number of carbonyl (C=O) groups excluding carboxylic acids is 1. The van der Waals surface area contributed by atoms with Gasteiger partial charge in [0.1, 0.15) is 0 Å². The summed E-state index contributed by atoms with van der Waals surface area (Å²) in [5, 5.41) is 0. The highest BCUT2D eigenvalue weighted by Gasteiger charge is 2.52. The van der Waals surface area contributed by atoms with Gasteiger partial charge in [-0.2, -0.15) is 0 Å². The molecular weight excluding hydrogens is 248 g/mol. The zero-order valence-electron chi connectivity index (χ0n) is 13.6. The molecule has 114 valence electrons. The topological polar surface area (TPSA) is 26.3 Å². The summed E-state index contributed by atoms with van der Waals surface area (Å²) in [6, 6.07) is 0. The van der Waals surface area contributed by atoms with Gasteiger partial charge in [0.25, 0.3) is 0 Å². The normalized spacial score (nSPS) is 36.3. The van der Waals surface area contributed by atoms with Crippen LogP contribution in [-0.4, -0.2) is 12.6 Å². The predicted molar refractivity (Wildman–Crippen MR) is 82.3 cm³/mol. The maximum atomic E-state index is 11.0. The molecule has 0 saturated heterocycles. The molecule has 2 nitrogen and oxygen atoms in total. The van der Waals surface area contributed by atoms with Crippen molar-refractivity contribution in [1.82, 2.24) is 0 Å². The summed E-state index contributed by atoms with van der Waals surface area (Å²) in [5.74, 6) is 1.12. The van der Waals surface area contributed by atoms with Gasteiger partial charge in [-0.3, -0.25) is 4.79 Å². The molecular formula is C18H30O2. The minimum atomic E-state index is -0.169. The summed E-state index contributed by atoms with van der Waals surface area (Å²) in [5.41, 5.74) is 2.17. The van der Waals surface area contributed by atoms with Gasteiger partial charge in [-0.25, -0.2) is 0 Å². The molecule has 0 N–H and O–H groups in total. The van der Waals surface area contributed by atoms with Crippen molar-refractivity contribution in [3.63, 3.8) is 0 Å². The highest BCUT2D eigenvalue weighted by molar-refractivity contribution is 5.65. The van der Waals surface area contributed by atoms with Gasteiger partial charge in [0, 0.05) is 6.92 Å². The second kappa shape index (κ2) is 5.54. The fourth-order valence-electron chi connectivity index (χ4n) is 5.13. The zero-order valence-corrected chi connectivity index (χ0v) is 13.6. The van der Waals surface area contributed by atoms with Crippen LogP contribution in [0, 0.1) is 22.7 Å². The van der Waals surface area contributed by atoms with E-state index in [4.69, 9.17) is 4.74 Å². The maximum absolute atomic E-state index is 11.0. The number of ether oxygens (including phenoxy) is 1. The molecule has 0 bridgehead atoms. The van der Waals surface area contributed by atoms with E-state index in [2.05, 4.69) is 27.4 Å². The van der Waals surface area contributed by atoms with E-state index in [-0.39, 0.29) is 5.97 Å². The Balaban J connectivity index is 2.15. The average Bonchev–Trinajstić information content (AvgIpc) is 2.31. The lowest BCUT2D eigenvalue weighted by Gasteiger charge is -2.58. The van der Waals surface area contributed by atoms with Crippen molar-refractivity contribution in [2.24, 2.45) is 22.7 Å². The Hall–Kier alpha value is -0.790. The fourth-order valence-corrected chi connectivity index (χ4v) is 5.13. The van der Waals surface area contributed by atoms with Crippen LogP contribution in [0.4, 0.5) is 0 Å². The molecule has 20 heavy (non-hydrogen) atoms. The van der Waals surface area contributed by atoms with E-state index in [1.54, 1.807) is 0 Å². The first-order chi connectivity index (χ1) is 9.27. The number of esters is 1. The van der Waals surface area contributed by atoms with Crippen molar-refractivity contribution in [2.45, 2.75) is 66.2 Å². The van der Waals surface area contributed by atoms with Crippen molar-refractivity contribution < 1.29 is 9.53 Å². The van der Waals surface area contributed by atoms with E-state index in [0.29, 0.717) is 23.4 Å². The summed E-state index contributed by atoms with van der Waals surface area (Å²) in [6.07, 6.45) is 7.33. The highest BCUT2D eigenvalue weighted by Crippen LogP contribution is 2.61. The van der Waals surface area contributed by atoms with E-state index in [0.717, 1.165) is 18.8 Å². The first-order valence-electron chi connectivity index (χ1n) is 8.08. The Kier molecular flexibility index (Phi) is 4.32. The predicted octanol–water partition coefficient (Wildman–Crippen LogP) is 4.74. The molecule has 2 heteroatoms. The van der Waals surface area contributed by atoms with E-state index < -0.39 is 0 Å². The minimum absolute atomic E-state index is 0.169. The van der Waals surface area contributed by atoms with Gasteiger partial charge >= 0.3 is 5.97 Å². The van der Waals surface area contributed by atoms with Gasteiger partial charge in [0.2, 0.25) is 0 Å². The van der Waals surface area contributed by atoms with Crippen molar-refractivity contribution in [2.75, 3.05) is 6.61 Å². The number of allylic oxidation sites excluding steroid dienone is 1. The van der Waals surface area contributed by atoms with E-state index >= 15 is 0 Å². The largest absolute Gasteiger partial charge is 0.466 e. The van der Waals surface area contributed by atoms with Crippen LogP contribution in [-0.2, 0) is 9.53 Å². The summed E-state index contributed by atoms with van der Waals surface area (Å²) in [7, 11) is 0. The van der Waals surface area contributed by atoms with Crippen LogP contribution in [0.3, 0.4) is 0 Å². The highest BCUT2D eigenvalue weighted by atomic mass is 16.5. The molecule has 0 aliphatic heterocycles. The third kappa shape index (κ3) is 2.80. The molecule has 3 unspecified atom stereocenters. The van der Waals surface area contributed by atoms with Gasteiger partial charge in [0.15, 0.2) is 0 Å². The van der Waals surface area contributed by atoms with Crippen LogP contribution in [0.5, 0.6) is 0 Å². The first-order valence-corrected chi connectivity index (χ1v) is 8.08. The lowest BCUT2D eigenvalue weighted by atomic mass is 9.47. The Morgan fingerprint density at radius 2 is 2.05 bits per heavy atom. The molecule has 2 fully saturated rings. The molecule has 0 spiro atoms. The third-order valence-electron chi connectivity index (χ3n) is 6.03. The number of rotatable bonds is 3. The lowest BCUT2D eigenvalue weighted by molar-refractivity contribution is -0.142. The van der Waals surface area contributed by atoms with Crippen molar-refractivity contribution in [3.8, 4) is 0 Å². The first kappa shape index (κ1) is 15.6. The minimum Gasteiger partial charge on any atom is -0.466 e. The van der Waals surface area contributed by atoms with Gasteiger partial charge in [0.05, 0.1) is 6.61 Å². The van der Waals surface area contributed by atoms with Crippen LogP contribution < -0.4 is 0 Å². The second-order valence-electron chi connectivity index (χ2n) is 7.78. The van der Waals surface area contributed by atoms with Crippen LogP contribution in [0.25, 0.3) is 0 Å². The average molecular weight is 278 g/mol. The van der Waals surface area contributed by atoms with Gasteiger partial charge in [-0.05, 0) is 54.8 Å². The maximum Gasteiger partial charge on any atom is 0.302 e. The molecule has 0 heterocycles. The molecule has 0 amide bonds. The Labute approximate surface area is 124 Å². The zero-order chi connectivity index (χ0) is 15.0. The monoisotopic (exact) mass is 278 g/mol. The van der Waals surface area contributed by atoms with E-state index in [9.17, 15) is 4.79 Å². The molecule has 2 rings (SSSR count). The summed E-state index contributed by atoms with van der Waals surface area (Å²) < 4.78 is 5.19. The van der Waals surface area contributed by atoms with Crippen molar-refractivity contribution >= 4 is 5.97 Å². The fraction of sp³-hybridized carbons (Fsp3) is 0.833. The van der Waals surface area contributed by atoms with Gasteiger partial charge < -0.3 is 4.74 Å². The SMILES string of the molecule is C=C1CCC2C(C)(C)CCCC2(C)C1CCOC(C)=O. The molecule has 2 aliphatic rings. The molecule has 3 atom stereocenters. The number of hydrogen-bond donors (Lipinski definition) is 0. The Bertz CT molecular complexity index is 396. The molecule has 0 aromatic rings. The summed E-state index contributed by atoms with van der Waals surface area (Å²) in [6.45, 7) is 13.7. The quantitative estimate of drug-likeness (QED) is 0.550. The van der Waals surface area contributed by atoms with Crippen LogP contribution in [0.2, 0.25) is 0 Å². The van der Waals surface area contributed by atoms with Gasteiger partial charge in [-0.1, -0.05) is 39.3 Å². The standard InChI is InChI=1S/C18H30O2/c1-13-7-8-16-17(3,4)10-6-11-18(16,5)15(13)9-12-20-14(2)19/h15-16H,1,6-12H2,2-5H3. The third-order valence-corrected chi connectivity index (χ3v) is 6.03. The Morgan fingerprint density at radius 1 is 1.35 bits per heavy atom. The van der Waals surface area contributed by atoms with E-state index in [1.807, 2.05) is 0 Å². The van der Waals surface area contributed by atoms with Gasteiger partial charge in [-0.15, -0.1) is 0 Å². The van der Waals surface area contributed by atoms with Crippen LogP contribution >= 0.6 is 0 Å². The van der Waals surface area contributed by atoms with Crippen molar-refractivity contribution in [3.05, 3.63) is 12.2 Å². The Morgan fingerprint density at radius 3 is 2.70 bits per heavy atom. The molecule has 0 aromatic heterocycles. The van der Waals surface area contributed by atoms with Crippen molar-refractivity contribution in [1.29, 1.82) is 0 Å².